The second kappa shape index (κ2) is 5.57. The standard InChI is InChI=1S/C13H19NO3/c1-8-5-11(6-9(2)12(8)17-4)14-7-10(3)13(15)16/h5-6,10,14H,7H2,1-4H3,(H,15,16). The molecular weight excluding hydrogens is 218 g/mol. The first-order valence-corrected chi connectivity index (χ1v) is 5.57. The third kappa shape index (κ3) is 3.37. The zero-order valence-electron chi connectivity index (χ0n) is 10.7. The first-order valence-electron chi connectivity index (χ1n) is 5.57. The van der Waals surface area contributed by atoms with Gasteiger partial charge in [0, 0.05) is 12.2 Å². The summed E-state index contributed by atoms with van der Waals surface area (Å²) in [4.78, 5) is 10.7. The molecule has 0 aliphatic rings. The van der Waals surface area contributed by atoms with Gasteiger partial charge < -0.3 is 15.2 Å². The van der Waals surface area contributed by atoms with Crippen molar-refractivity contribution in [3.8, 4) is 5.75 Å². The maximum atomic E-state index is 10.7. The van der Waals surface area contributed by atoms with Crippen LogP contribution >= 0.6 is 0 Å². The van der Waals surface area contributed by atoms with E-state index in [-0.39, 0.29) is 0 Å². The van der Waals surface area contributed by atoms with Gasteiger partial charge in [-0.3, -0.25) is 4.79 Å². The second-order valence-corrected chi connectivity index (χ2v) is 4.26. The number of aliphatic carboxylic acids is 1. The summed E-state index contributed by atoms with van der Waals surface area (Å²) in [6, 6.07) is 3.92. The Kier molecular flexibility index (Phi) is 4.37. The van der Waals surface area contributed by atoms with Crippen molar-refractivity contribution in [1.29, 1.82) is 0 Å². The van der Waals surface area contributed by atoms with Gasteiger partial charge in [-0.2, -0.15) is 0 Å². The van der Waals surface area contributed by atoms with Gasteiger partial charge in [-0.1, -0.05) is 6.92 Å². The first kappa shape index (κ1) is 13.4. The molecule has 0 spiro atoms. The van der Waals surface area contributed by atoms with Crippen LogP contribution in [0.5, 0.6) is 5.75 Å². The Balaban J connectivity index is 2.77. The van der Waals surface area contributed by atoms with Crippen LogP contribution in [0.4, 0.5) is 5.69 Å². The number of rotatable bonds is 5. The van der Waals surface area contributed by atoms with Crippen LogP contribution in [-0.4, -0.2) is 24.7 Å². The van der Waals surface area contributed by atoms with Crippen LogP contribution in [-0.2, 0) is 4.79 Å². The van der Waals surface area contributed by atoms with Crippen LogP contribution < -0.4 is 10.1 Å². The van der Waals surface area contributed by atoms with E-state index in [0.29, 0.717) is 6.54 Å². The molecule has 0 saturated heterocycles. The van der Waals surface area contributed by atoms with E-state index in [4.69, 9.17) is 9.84 Å². The molecule has 4 nitrogen and oxygen atoms in total. The molecule has 17 heavy (non-hydrogen) atoms. The van der Waals surface area contributed by atoms with Crippen molar-refractivity contribution in [1.82, 2.24) is 0 Å². The topological polar surface area (TPSA) is 58.6 Å². The number of ether oxygens (including phenoxy) is 1. The van der Waals surface area contributed by atoms with Crippen molar-refractivity contribution in [2.75, 3.05) is 19.0 Å². The van der Waals surface area contributed by atoms with Gasteiger partial charge >= 0.3 is 5.97 Å². The summed E-state index contributed by atoms with van der Waals surface area (Å²) in [6.45, 7) is 6.04. The molecule has 1 unspecified atom stereocenters. The molecule has 0 saturated carbocycles. The number of aryl methyl sites for hydroxylation is 2. The molecule has 0 fully saturated rings. The number of nitrogens with one attached hydrogen (secondary N) is 1. The Morgan fingerprint density at radius 2 is 1.94 bits per heavy atom. The summed E-state index contributed by atoms with van der Waals surface area (Å²) < 4.78 is 5.27. The third-order valence-electron chi connectivity index (χ3n) is 2.70. The van der Waals surface area contributed by atoms with Crippen LogP contribution in [0.1, 0.15) is 18.1 Å². The molecular formula is C13H19NO3. The van der Waals surface area contributed by atoms with Gasteiger partial charge in [0.05, 0.1) is 13.0 Å². The van der Waals surface area contributed by atoms with Gasteiger partial charge in [-0.15, -0.1) is 0 Å². The molecule has 1 aromatic carbocycles. The first-order chi connectivity index (χ1) is 7.95. The fourth-order valence-corrected chi connectivity index (χ4v) is 1.73. The molecule has 0 amide bonds. The van der Waals surface area contributed by atoms with E-state index in [1.165, 1.54) is 0 Å². The van der Waals surface area contributed by atoms with Crippen LogP contribution in [0.3, 0.4) is 0 Å². The molecule has 4 heteroatoms. The molecule has 0 radical (unpaired) electrons. The fraction of sp³-hybridized carbons (Fsp3) is 0.462. The Morgan fingerprint density at radius 3 is 2.35 bits per heavy atom. The van der Waals surface area contributed by atoms with E-state index in [1.54, 1.807) is 14.0 Å². The van der Waals surface area contributed by atoms with Crippen molar-refractivity contribution >= 4 is 11.7 Å². The van der Waals surface area contributed by atoms with E-state index >= 15 is 0 Å². The van der Waals surface area contributed by atoms with Gasteiger partial charge in [-0.25, -0.2) is 0 Å². The van der Waals surface area contributed by atoms with E-state index in [9.17, 15) is 4.79 Å². The summed E-state index contributed by atoms with van der Waals surface area (Å²) >= 11 is 0. The molecule has 0 aliphatic carbocycles. The number of anilines is 1. The van der Waals surface area contributed by atoms with Crippen molar-refractivity contribution in [2.24, 2.45) is 5.92 Å². The van der Waals surface area contributed by atoms with E-state index < -0.39 is 11.9 Å². The molecule has 1 rings (SSSR count). The lowest BCUT2D eigenvalue weighted by Gasteiger charge is -2.14. The third-order valence-corrected chi connectivity index (χ3v) is 2.70. The zero-order chi connectivity index (χ0) is 13.0. The Labute approximate surface area is 102 Å². The lowest BCUT2D eigenvalue weighted by molar-refractivity contribution is -0.140. The Hall–Kier alpha value is -1.71. The summed E-state index contributed by atoms with van der Waals surface area (Å²) in [5, 5.41) is 11.9. The number of benzene rings is 1. The highest BCUT2D eigenvalue weighted by atomic mass is 16.5. The average molecular weight is 237 g/mol. The molecule has 2 N–H and O–H groups in total. The zero-order valence-corrected chi connectivity index (χ0v) is 10.7. The molecule has 1 aromatic rings. The van der Waals surface area contributed by atoms with Crippen molar-refractivity contribution in [2.45, 2.75) is 20.8 Å². The van der Waals surface area contributed by atoms with Gasteiger partial charge in [0.2, 0.25) is 0 Å². The summed E-state index contributed by atoms with van der Waals surface area (Å²) in [6.07, 6.45) is 0. The van der Waals surface area contributed by atoms with Gasteiger partial charge in [0.1, 0.15) is 5.75 Å². The molecule has 1 atom stereocenters. The van der Waals surface area contributed by atoms with Crippen LogP contribution in [0.15, 0.2) is 12.1 Å². The van der Waals surface area contributed by atoms with Gasteiger partial charge in [0.25, 0.3) is 0 Å². The smallest absolute Gasteiger partial charge is 0.308 e. The van der Waals surface area contributed by atoms with Crippen molar-refractivity contribution in [3.05, 3.63) is 23.3 Å². The van der Waals surface area contributed by atoms with Crippen LogP contribution in [0.2, 0.25) is 0 Å². The second-order valence-electron chi connectivity index (χ2n) is 4.26. The van der Waals surface area contributed by atoms with Crippen molar-refractivity contribution in [3.63, 3.8) is 0 Å². The van der Waals surface area contributed by atoms with Crippen LogP contribution in [0, 0.1) is 19.8 Å². The maximum Gasteiger partial charge on any atom is 0.308 e. The minimum Gasteiger partial charge on any atom is -0.496 e. The highest BCUT2D eigenvalue weighted by Gasteiger charge is 2.11. The summed E-state index contributed by atoms with van der Waals surface area (Å²) in [5.74, 6) is -0.320. The number of carboxylic acids is 1. The monoisotopic (exact) mass is 237 g/mol. The molecule has 0 aliphatic heterocycles. The predicted octanol–water partition coefficient (Wildman–Crippen LogP) is 2.44. The normalized spacial score (nSPS) is 12.0. The molecule has 0 heterocycles. The Bertz CT molecular complexity index is 392. The minimum atomic E-state index is -0.792. The van der Waals surface area contributed by atoms with Gasteiger partial charge in [0.15, 0.2) is 0 Å². The average Bonchev–Trinajstić information content (AvgIpc) is 2.25. The predicted molar refractivity (Wildman–Crippen MR) is 67.8 cm³/mol. The lowest BCUT2D eigenvalue weighted by Crippen LogP contribution is -2.19. The molecule has 0 bridgehead atoms. The maximum absolute atomic E-state index is 10.7. The number of carbonyl (C=O) groups is 1. The van der Waals surface area contributed by atoms with E-state index in [0.717, 1.165) is 22.6 Å². The van der Waals surface area contributed by atoms with E-state index in [2.05, 4.69) is 5.32 Å². The van der Waals surface area contributed by atoms with Crippen molar-refractivity contribution < 1.29 is 14.6 Å². The van der Waals surface area contributed by atoms with Gasteiger partial charge in [-0.05, 0) is 37.1 Å². The molecule has 94 valence electrons. The number of carboxylic acid groups (broad SMARTS) is 1. The summed E-state index contributed by atoms with van der Waals surface area (Å²) in [5.41, 5.74) is 3.00. The fourth-order valence-electron chi connectivity index (χ4n) is 1.73. The number of hydrogen-bond donors (Lipinski definition) is 2. The minimum absolute atomic E-state index is 0.405. The summed E-state index contributed by atoms with van der Waals surface area (Å²) in [7, 11) is 1.65. The number of hydrogen-bond acceptors (Lipinski definition) is 3. The largest absolute Gasteiger partial charge is 0.496 e. The molecule has 0 aromatic heterocycles. The Morgan fingerprint density at radius 1 is 1.41 bits per heavy atom. The SMILES string of the molecule is COc1c(C)cc(NCC(C)C(=O)O)cc1C. The lowest BCUT2D eigenvalue weighted by atomic mass is 10.1. The highest BCUT2D eigenvalue weighted by molar-refractivity contribution is 5.70. The number of methoxy groups -OCH3 is 1. The highest BCUT2D eigenvalue weighted by Crippen LogP contribution is 2.26. The van der Waals surface area contributed by atoms with Crippen LogP contribution in [0.25, 0.3) is 0 Å². The quantitative estimate of drug-likeness (QED) is 0.825. The van der Waals surface area contributed by atoms with E-state index in [1.807, 2.05) is 26.0 Å².